The van der Waals surface area contributed by atoms with Crippen LogP contribution in [0.15, 0.2) is 60.7 Å². The van der Waals surface area contributed by atoms with Crippen molar-refractivity contribution in [2.24, 2.45) is 0 Å². The van der Waals surface area contributed by atoms with Crippen molar-refractivity contribution in [3.05, 3.63) is 71.8 Å². The molecule has 0 spiro atoms. The van der Waals surface area contributed by atoms with E-state index in [1.165, 1.54) is 11.1 Å². The van der Waals surface area contributed by atoms with E-state index in [9.17, 15) is 5.11 Å². The zero-order valence-electron chi connectivity index (χ0n) is 14.7. The molecular formula is C22H27NO2. The Hall–Kier alpha value is -1.68. The van der Waals surface area contributed by atoms with E-state index in [-0.39, 0.29) is 5.60 Å². The average molecular weight is 337 g/mol. The molecule has 0 unspecified atom stereocenters. The Bertz CT molecular complexity index is 620. The van der Waals surface area contributed by atoms with Gasteiger partial charge in [0.15, 0.2) is 0 Å². The number of hydrogen-bond acceptors (Lipinski definition) is 3. The van der Waals surface area contributed by atoms with Gasteiger partial charge >= 0.3 is 0 Å². The number of fused-ring (bicyclic) bond motifs is 3. The Morgan fingerprint density at radius 2 is 1.32 bits per heavy atom. The van der Waals surface area contributed by atoms with E-state index >= 15 is 0 Å². The van der Waals surface area contributed by atoms with Gasteiger partial charge in [0.25, 0.3) is 0 Å². The Balaban J connectivity index is 1.51. The summed E-state index contributed by atoms with van der Waals surface area (Å²) in [5, 5.41) is 10.4. The van der Waals surface area contributed by atoms with Gasteiger partial charge in [-0.1, -0.05) is 60.7 Å². The van der Waals surface area contributed by atoms with E-state index in [1.807, 2.05) is 0 Å². The minimum absolute atomic E-state index is 0.0892. The molecule has 2 aliphatic heterocycles. The maximum atomic E-state index is 10.4. The molecule has 3 heteroatoms. The minimum Gasteiger partial charge on any atom is -0.387 e. The fourth-order valence-corrected chi connectivity index (χ4v) is 4.21. The summed E-state index contributed by atoms with van der Waals surface area (Å²) in [5.74, 6) is 0. The molecule has 5 rings (SSSR count). The van der Waals surface area contributed by atoms with Crippen molar-refractivity contribution in [3.8, 4) is 0 Å². The van der Waals surface area contributed by atoms with Gasteiger partial charge in [-0.2, -0.15) is 0 Å². The molecule has 1 N–H and O–H groups in total. The summed E-state index contributed by atoms with van der Waals surface area (Å²) in [6.07, 6.45) is 3.67. The molecule has 1 saturated carbocycles. The molecule has 0 aromatic heterocycles. The Labute approximate surface area is 150 Å². The van der Waals surface area contributed by atoms with Crippen LogP contribution in [0.3, 0.4) is 0 Å². The molecule has 2 saturated heterocycles. The first-order valence-electron chi connectivity index (χ1n) is 9.31. The van der Waals surface area contributed by atoms with E-state index in [1.54, 1.807) is 0 Å². The largest absolute Gasteiger partial charge is 0.387 e. The molecule has 0 radical (unpaired) electrons. The van der Waals surface area contributed by atoms with Crippen molar-refractivity contribution < 1.29 is 9.84 Å². The van der Waals surface area contributed by atoms with Crippen LogP contribution < -0.4 is 0 Å². The zero-order chi connectivity index (χ0) is 17.2. The van der Waals surface area contributed by atoms with Crippen LogP contribution in [0.4, 0.5) is 0 Å². The molecule has 3 aliphatic rings. The quantitative estimate of drug-likeness (QED) is 0.871. The molecule has 2 aromatic carbocycles. The molecule has 0 amide bonds. The summed E-state index contributed by atoms with van der Waals surface area (Å²) in [6.45, 7) is 3.26. The zero-order valence-corrected chi connectivity index (χ0v) is 14.7. The summed E-state index contributed by atoms with van der Waals surface area (Å²) in [6, 6.07) is 21.3. The fourth-order valence-electron chi connectivity index (χ4n) is 4.21. The van der Waals surface area contributed by atoms with Gasteiger partial charge in [0.1, 0.15) is 0 Å². The van der Waals surface area contributed by atoms with E-state index in [4.69, 9.17) is 4.74 Å². The topological polar surface area (TPSA) is 32.7 Å². The van der Waals surface area contributed by atoms with Crippen LogP contribution in [0.25, 0.3) is 0 Å². The van der Waals surface area contributed by atoms with E-state index in [2.05, 4.69) is 65.6 Å². The molecular weight excluding hydrogens is 310 g/mol. The summed E-state index contributed by atoms with van der Waals surface area (Å²) in [4.78, 5) is 2.50. The maximum Gasteiger partial charge on any atom is 0.0882 e. The molecule has 3 fully saturated rings. The van der Waals surface area contributed by atoms with Crippen molar-refractivity contribution in [1.82, 2.24) is 4.90 Å². The Morgan fingerprint density at radius 1 is 0.800 bits per heavy atom. The normalized spacial score (nSPS) is 28.4. The summed E-state index contributed by atoms with van der Waals surface area (Å²) >= 11 is 0. The van der Waals surface area contributed by atoms with Crippen LogP contribution in [0.5, 0.6) is 0 Å². The van der Waals surface area contributed by atoms with Gasteiger partial charge in [0.2, 0.25) is 0 Å². The second-order valence-corrected chi connectivity index (χ2v) is 7.81. The molecule has 132 valence electrons. The third kappa shape index (κ3) is 3.95. The number of benzene rings is 2. The van der Waals surface area contributed by atoms with Crippen molar-refractivity contribution in [3.63, 3.8) is 0 Å². The van der Waals surface area contributed by atoms with Gasteiger partial charge in [-0.15, -0.1) is 0 Å². The molecule has 0 atom stereocenters. The molecule has 25 heavy (non-hydrogen) atoms. The van der Waals surface area contributed by atoms with Crippen LogP contribution in [-0.2, 0) is 17.8 Å². The highest BCUT2D eigenvalue weighted by molar-refractivity contribution is 5.17. The van der Waals surface area contributed by atoms with Crippen molar-refractivity contribution in [1.29, 1.82) is 0 Å². The smallest absolute Gasteiger partial charge is 0.0882 e. The standard InChI is InChI=1S/C22H27NO2/c24-21-11-13-22(14-12-21,25-18-21)17-23(15-19-7-3-1-4-8-19)16-20-9-5-2-6-10-20/h1-10,24H,11-18H2. The first kappa shape index (κ1) is 16.8. The lowest BCUT2D eigenvalue weighted by Gasteiger charge is -2.52. The van der Waals surface area contributed by atoms with Gasteiger partial charge in [-0.3, -0.25) is 4.90 Å². The first-order valence-corrected chi connectivity index (χ1v) is 9.31. The van der Waals surface area contributed by atoms with E-state index in [0.29, 0.717) is 6.61 Å². The minimum atomic E-state index is -0.564. The van der Waals surface area contributed by atoms with Crippen molar-refractivity contribution in [2.45, 2.75) is 50.0 Å². The molecule has 2 aromatic rings. The predicted octanol–water partition coefficient (Wildman–Crippen LogP) is 3.76. The monoisotopic (exact) mass is 337 g/mol. The predicted molar refractivity (Wildman–Crippen MR) is 99.1 cm³/mol. The van der Waals surface area contributed by atoms with Crippen LogP contribution in [0.2, 0.25) is 0 Å². The number of rotatable bonds is 6. The van der Waals surface area contributed by atoms with E-state index < -0.39 is 5.60 Å². The molecule has 3 nitrogen and oxygen atoms in total. The summed E-state index contributed by atoms with van der Waals surface area (Å²) in [5.41, 5.74) is 2.01. The van der Waals surface area contributed by atoms with Gasteiger partial charge in [0, 0.05) is 19.6 Å². The third-order valence-corrected chi connectivity index (χ3v) is 5.75. The van der Waals surface area contributed by atoms with Crippen molar-refractivity contribution in [2.75, 3.05) is 13.2 Å². The van der Waals surface area contributed by atoms with Crippen molar-refractivity contribution >= 4 is 0 Å². The highest BCUT2D eigenvalue weighted by atomic mass is 16.5. The van der Waals surface area contributed by atoms with Gasteiger partial charge in [0.05, 0.1) is 17.8 Å². The Morgan fingerprint density at radius 3 is 1.76 bits per heavy atom. The third-order valence-electron chi connectivity index (χ3n) is 5.75. The summed E-state index contributed by atoms with van der Waals surface area (Å²) in [7, 11) is 0. The number of nitrogens with zero attached hydrogens (tertiary/aromatic N) is 1. The molecule has 2 bridgehead atoms. The van der Waals surface area contributed by atoms with Crippen LogP contribution in [0.1, 0.15) is 36.8 Å². The number of aliphatic hydroxyl groups is 1. The highest BCUT2D eigenvalue weighted by Gasteiger charge is 2.49. The van der Waals surface area contributed by atoms with Gasteiger partial charge < -0.3 is 9.84 Å². The lowest BCUT2D eigenvalue weighted by atomic mass is 9.73. The maximum absolute atomic E-state index is 10.4. The van der Waals surface area contributed by atoms with Crippen LogP contribution in [0, 0.1) is 0 Å². The molecule has 1 aliphatic carbocycles. The fraction of sp³-hybridized carbons (Fsp3) is 0.455. The van der Waals surface area contributed by atoms with Crippen LogP contribution >= 0.6 is 0 Å². The Kier molecular flexibility index (Phi) is 4.63. The number of ether oxygens (including phenoxy) is 1. The second-order valence-electron chi connectivity index (χ2n) is 7.81. The van der Waals surface area contributed by atoms with Crippen LogP contribution in [-0.4, -0.2) is 34.4 Å². The molecule has 2 heterocycles. The number of hydrogen-bond donors (Lipinski definition) is 1. The van der Waals surface area contributed by atoms with E-state index in [0.717, 1.165) is 45.3 Å². The average Bonchev–Trinajstić information content (AvgIpc) is 2.65. The SMILES string of the molecule is OC12CCC(CN(Cc3ccccc3)Cc3ccccc3)(CC1)OC2. The van der Waals surface area contributed by atoms with Gasteiger partial charge in [-0.05, 0) is 36.8 Å². The lowest BCUT2D eigenvalue weighted by molar-refractivity contribution is -0.222. The van der Waals surface area contributed by atoms with Gasteiger partial charge in [-0.25, -0.2) is 0 Å². The highest BCUT2D eigenvalue weighted by Crippen LogP contribution is 2.44. The second kappa shape index (κ2) is 6.91. The summed E-state index contributed by atoms with van der Waals surface area (Å²) < 4.78 is 6.18. The lowest BCUT2D eigenvalue weighted by Crippen LogP contribution is -2.58. The first-order chi connectivity index (χ1) is 12.1.